The Kier molecular flexibility index (Phi) is 4.84. The molecule has 4 aromatic rings. The van der Waals surface area contributed by atoms with Crippen molar-refractivity contribution in [1.82, 2.24) is 19.9 Å². The zero-order valence-corrected chi connectivity index (χ0v) is 18.7. The van der Waals surface area contributed by atoms with Crippen LogP contribution in [0.1, 0.15) is 29.3 Å². The number of thiophene rings is 1. The van der Waals surface area contributed by atoms with E-state index in [1.165, 1.54) is 50.9 Å². The highest BCUT2D eigenvalue weighted by atomic mass is 32.1. The SMILES string of the molecule is C[C@@H]1CCc2c(sc3ncnc(N4CCN(Cc5cccc6cccnc56)CC4)c23)C1. The predicted octanol–water partition coefficient (Wildman–Crippen LogP) is 4.69. The van der Waals surface area contributed by atoms with Crippen molar-refractivity contribution in [1.29, 1.82) is 0 Å². The smallest absolute Gasteiger partial charge is 0.141 e. The van der Waals surface area contributed by atoms with Crippen LogP contribution in [0.2, 0.25) is 0 Å². The number of hydrogen-bond acceptors (Lipinski definition) is 6. The third-order valence-electron chi connectivity index (χ3n) is 6.85. The Hall–Kier alpha value is -2.57. The summed E-state index contributed by atoms with van der Waals surface area (Å²) >= 11 is 1.89. The molecule has 0 saturated carbocycles. The van der Waals surface area contributed by atoms with Gasteiger partial charge in [-0.05, 0) is 42.4 Å². The first-order chi connectivity index (χ1) is 15.3. The van der Waals surface area contributed by atoms with Crippen molar-refractivity contribution >= 4 is 38.3 Å². The van der Waals surface area contributed by atoms with Crippen LogP contribution in [0, 0.1) is 5.92 Å². The maximum atomic E-state index is 4.77. The van der Waals surface area contributed by atoms with Gasteiger partial charge >= 0.3 is 0 Å². The number of benzene rings is 1. The van der Waals surface area contributed by atoms with Crippen LogP contribution in [0.15, 0.2) is 42.9 Å². The fourth-order valence-corrected chi connectivity index (χ4v) is 6.50. The number of fused-ring (bicyclic) bond motifs is 4. The second kappa shape index (κ2) is 7.84. The molecule has 1 fully saturated rings. The lowest BCUT2D eigenvalue weighted by molar-refractivity contribution is 0.250. The van der Waals surface area contributed by atoms with Crippen molar-refractivity contribution < 1.29 is 0 Å². The summed E-state index contributed by atoms with van der Waals surface area (Å²) < 4.78 is 0. The van der Waals surface area contributed by atoms with E-state index in [1.54, 1.807) is 6.33 Å². The summed E-state index contributed by atoms with van der Waals surface area (Å²) in [6.07, 6.45) is 7.30. The molecule has 6 rings (SSSR count). The summed E-state index contributed by atoms with van der Waals surface area (Å²) in [5.74, 6) is 1.94. The van der Waals surface area contributed by atoms with Crippen LogP contribution in [0.5, 0.6) is 0 Å². The zero-order chi connectivity index (χ0) is 20.8. The molecule has 6 heteroatoms. The molecule has 0 radical (unpaired) electrons. The molecular weight excluding hydrogens is 402 g/mol. The van der Waals surface area contributed by atoms with Crippen molar-refractivity contribution in [2.75, 3.05) is 31.1 Å². The van der Waals surface area contributed by atoms with E-state index in [1.807, 2.05) is 23.6 Å². The lowest BCUT2D eigenvalue weighted by atomic mass is 9.89. The molecule has 1 atom stereocenters. The molecular formula is C25H27N5S. The third kappa shape index (κ3) is 3.48. The Morgan fingerprint density at radius 2 is 1.90 bits per heavy atom. The van der Waals surface area contributed by atoms with E-state index < -0.39 is 0 Å². The van der Waals surface area contributed by atoms with Crippen LogP contribution in [0.4, 0.5) is 5.82 Å². The van der Waals surface area contributed by atoms with Gasteiger partial charge < -0.3 is 4.90 Å². The molecule has 5 nitrogen and oxygen atoms in total. The van der Waals surface area contributed by atoms with Crippen LogP contribution >= 0.6 is 11.3 Å². The molecule has 2 aliphatic rings. The Labute approximate surface area is 186 Å². The van der Waals surface area contributed by atoms with Crippen molar-refractivity contribution in [3.63, 3.8) is 0 Å². The summed E-state index contributed by atoms with van der Waals surface area (Å²) in [5.41, 5.74) is 3.97. The highest BCUT2D eigenvalue weighted by Gasteiger charge is 2.26. The minimum absolute atomic E-state index is 0.782. The first kappa shape index (κ1) is 19.1. The lowest BCUT2D eigenvalue weighted by Gasteiger charge is -2.36. The Bertz CT molecular complexity index is 1240. The second-order valence-electron chi connectivity index (χ2n) is 8.98. The molecule has 3 aromatic heterocycles. The van der Waals surface area contributed by atoms with Gasteiger partial charge in [-0.3, -0.25) is 9.88 Å². The van der Waals surface area contributed by atoms with Gasteiger partial charge in [0.1, 0.15) is 17.0 Å². The standard InChI is InChI=1S/C25H27N5S/c1-17-7-8-20-21(14-17)31-25-22(20)24(27-16-28-25)30-12-10-29(11-13-30)15-19-5-2-4-18-6-3-9-26-23(18)19/h2-6,9,16-17H,7-8,10-15H2,1H3/t17-/m1/s1. The van der Waals surface area contributed by atoms with Crippen LogP contribution in [-0.2, 0) is 19.4 Å². The number of aromatic nitrogens is 3. The number of aryl methyl sites for hydroxylation is 1. The Morgan fingerprint density at radius 1 is 1.03 bits per heavy atom. The van der Waals surface area contributed by atoms with E-state index in [9.17, 15) is 0 Å². The van der Waals surface area contributed by atoms with Gasteiger partial charge in [-0.2, -0.15) is 0 Å². The van der Waals surface area contributed by atoms with Crippen molar-refractivity contribution in [2.45, 2.75) is 32.7 Å². The van der Waals surface area contributed by atoms with Crippen LogP contribution in [0.3, 0.4) is 0 Å². The molecule has 0 unspecified atom stereocenters. The first-order valence-corrected chi connectivity index (χ1v) is 12.1. The average Bonchev–Trinajstić information content (AvgIpc) is 3.17. The topological polar surface area (TPSA) is 45.2 Å². The molecule has 1 aliphatic carbocycles. The minimum Gasteiger partial charge on any atom is -0.353 e. The average molecular weight is 430 g/mol. The van der Waals surface area contributed by atoms with Gasteiger partial charge in [-0.25, -0.2) is 9.97 Å². The highest BCUT2D eigenvalue weighted by Crippen LogP contribution is 2.40. The first-order valence-electron chi connectivity index (χ1n) is 11.3. The molecule has 0 amide bonds. The Morgan fingerprint density at radius 3 is 2.81 bits per heavy atom. The fourth-order valence-electron chi connectivity index (χ4n) is 5.15. The number of nitrogens with zero attached hydrogens (tertiary/aromatic N) is 5. The highest BCUT2D eigenvalue weighted by molar-refractivity contribution is 7.19. The predicted molar refractivity (Wildman–Crippen MR) is 128 cm³/mol. The number of piperazine rings is 1. The largest absolute Gasteiger partial charge is 0.353 e. The van der Waals surface area contributed by atoms with E-state index in [0.29, 0.717) is 0 Å². The number of para-hydroxylation sites is 1. The molecule has 0 N–H and O–H groups in total. The minimum atomic E-state index is 0.782. The molecule has 1 aromatic carbocycles. The van der Waals surface area contributed by atoms with Gasteiger partial charge in [0.25, 0.3) is 0 Å². The van der Waals surface area contributed by atoms with Crippen molar-refractivity contribution in [2.24, 2.45) is 5.92 Å². The van der Waals surface area contributed by atoms with E-state index in [-0.39, 0.29) is 0 Å². The molecule has 4 heterocycles. The Balaban J connectivity index is 1.22. The summed E-state index contributed by atoms with van der Waals surface area (Å²) in [6, 6.07) is 10.7. The fraction of sp³-hybridized carbons (Fsp3) is 0.400. The van der Waals surface area contributed by atoms with Crippen LogP contribution in [0.25, 0.3) is 21.1 Å². The monoisotopic (exact) mass is 429 g/mol. The van der Waals surface area contributed by atoms with Gasteiger partial charge in [-0.1, -0.05) is 31.2 Å². The van der Waals surface area contributed by atoms with Crippen LogP contribution < -0.4 is 4.90 Å². The molecule has 0 spiro atoms. The van der Waals surface area contributed by atoms with Gasteiger partial charge in [0.2, 0.25) is 0 Å². The third-order valence-corrected chi connectivity index (χ3v) is 8.02. The van der Waals surface area contributed by atoms with Gasteiger partial charge in [-0.15, -0.1) is 11.3 Å². The van der Waals surface area contributed by atoms with Gasteiger partial charge in [0.05, 0.1) is 10.9 Å². The molecule has 1 aliphatic heterocycles. The van der Waals surface area contributed by atoms with Gasteiger partial charge in [0, 0.05) is 49.2 Å². The summed E-state index contributed by atoms with van der Waals surface area (Å²) in [6.45, 7) is 7.41. The second-order valence-corrected chi connectivity index (χ2v) is 10.1. The summed E-state index contributed by atoms with van der Waals surface area (Å²) in [7, 11) is 0. The molecule has 1 saturated heterocycles. The summed E-state index contributed by atoms with van der Waals surface area (Å²) in [4.78, 5) is 21.8. The molecule has 0 bridgehead atoms. The maximum absolute atomic E-state index is 4.77. The number of anilines is 1. The molecule has 31 heavy (non-hydrogen) atoms. The quantitative estimate of drug-likeness (QED) is 0.473. The number of rotatable bonds is 3. The van der Waals surface area contributed by atoms with E-state index >= 15 is 0 Å². The van der Waals surface area contributed by atoms with E-state index in [4.69, 9.17) is 4.98 Å². The number of hydrogen-bond donors (Lipinski definition) is 0. The van der Waals surface area contributed by atoms with Crippen molar-refractivity contribution in [3.8, 4) is 0 Å². The normalized spacial score (nSPS) is 19.8. The van der Waals surface area contributed by atoms with Crippen molar-refractivity contribution in [3.05, 3.63) is 58.9 Å². The number of pyridine rings is 1. The summed E-state index contributed by atoms with van der Waals surface area (Å²) in [5, 5.41) is 2.56. The maximum Gasteiger partial charge on any atom is 0.141 e. The van der Waals surface area contributed by atoms with Gasteiger partial charge in [0.15, 0.2) is 0 Å². The van der Waals surface area contributed by atoms with Crippen LogP contribution in [-0.4, -0.2) is 46.0 Å². The lowest BCUT2D eigenvalue weighted by Crippen LogP contribution is -2.46. The zero-order valence-electron chi connectivity index (χ0n) is 17.9. The molecule has 158 valence electrons. The van der Waals surface area contributed by atoms with E-state index in [2.05, 4.69) is 51.0 Å². The van der Waals surface area contributed by atoms with E-state index in [0.717, 1.165) is 50.0 Å².